The van der Waals surface area contributed by atoms with E-state index in [0.29, 0.717) is 16.8 Å². The van der Waals surface area contributed by atoms with Crippen molar-refractivity contribution < 1.29 is 18.0 Å². The van der Waals surface area contributed by atoms with Crippen molar-refractivity contribution in [2.24, 2.45) is 7.05 Å². The molecule has 2 aromatic heterocycles. The number of carbonyl (C=O) groups is 1. The Labute approximate surface area is 171 Å². The molecule has 30 heavy (non-hydrogen) atoms. The Morgan fingerprint density at radius 2 is 2.00 bits per heavy atom. The minimum absolute atomic E-state index is 0.0397. The molecule has 0 bridgehead atoms. The number of nitrogens with one attached hydrogen (secondary N) is 2. The zero-order valence-electron chi connectivity index (χ0n) is 17.1. The van der Waals surface area contributed by atoms with Crippen LogP contribution in [0, 0.1) is 13.8 Å². The summed E-state index contributed by atoms with van der Waals surface area (Å²) in [5.74, 6) is -0.346. The molecule has 1 atom stereocenters. The second-order valence-electron chi connectivity index (χ2n) is 7.40. The number of halogens is 3. The van der Waals surface area contributed by atoms with Crippen LogP contribution in [0.15, 0.2) is 29.1 Å². The van der Waals surface area contributed by atoms with Crippen LogP contribution in [0.5, 0.6) is 0 Å². The SMILES string of the molecule is Cc1nn(C)c2[nH]c(=O)c(CCC(=O)N[C@@H](C)c3cccc(C(F)(F)F)c3)c(C)c12. The lowest BCUT2D eigenvalue weighted by atomic mass is 10.0. The maximum absolute atomic E-state index is 12.9. The van der Waals surface area contributed by atoms with Gasteiger partial charge in [-0.15, -0.1) is 0 Å². The van der Waals surface area contributed by atoms with Crippen LogP contribution >= 0.6 is 0 Å². The number of aromatic nitrogens is 3. The number of benzene rings is 1. The average Bonchev–Trinajstić information content (AvgIpc) is 2.94. The summed E-state index contributed by atoms with van der Waals surface area (Å²) in [5.41, 5.74) is 2.01. The Morgan fingerprint density at radius 1 is 1.30 bits per heavy atom. The predicted octanol–water partition coefficient (Wildman–Crippen LogP) is 3.71. The Kier molecular flexibility index (Phi) is 5.74. The first kappa shape index (κ1) is 21.6. The van der Waals surface area contributed by atoms with Gasteiger partial charge in [0.25, 0.3) is 5.56 Å². The number of alkyl halides is 3. The number of fused-ring (bicyclic) bond motifs is 1. The van der Waals surface area contributed by atoms with E-state index in [0.717, 1.165) is 28.8 Å². The zero-order valence-corrected chi connectivity index (χ0v) is 17.1. The molecule has 160 valence electrons. The molecule has 0 aliphatic carbocycles. The predicted molar refractivity (Wildman–Crippen MR) is 107 cm³/mol. The van der Waals surface area contributed by atoms with E-state index in [1.54, 1.807) is 18.7 Å². The minimum atomic E-state index is -4.44. The fourth-order valence-corrected chi connectivity index (χ4v) is 3.68. The summed E-state index contributed by atoms with van der Waals surface area (Å²) in [5, 5.41) is 7.87. The summed E-state index contributed by atoms with van der Waals surface area (Å²) in [6, 6.07) is 4.27. The van der Waals surface area contributed by atoms with E-state index in [2.05, 4.69) is 15.4 Å². The fourth-order valence-electron chi connectivity index (χ4n) is 3.68. The van der Waals surface area contributed by atoms with Gasteiger partial charge in [-0.25, -0.2) is 0 Å². The molecule has 0 aliphatic rings. The highest BCUT2D eigenvalue weighted by Crippen LogP contribution is 2.30. The number of nitrogens with zero attached hydrogens (tertiary/aromatic N) is 2. The molecule has 0 fully saturated rings. The molecule has 0 spiro atoms. The molecule has 0 aliphatic heterocycles. The quantitative estimate of drug-likeness (QED) is 0.661. The van der Waals surface area contributed by atoms with Crippen LogP contribution in [0.4, 0.5) is 13.2 Å². The van der Waals surface area contributed by atoms with Gasteiger partial charge in [-0.2, -0.15) is 18.3 Å². The lowest BCUT2D eigenvalue weighted by Crippen LogP contribution is -2.28. The highest BCUT2D eigenvalue weighted by molar-refractivity contribution is 5.83. The molecule has 0 saturated heterocycles. The highest BCUT2D eigenvalue weighted by Gasteiger charge is 2.30. The van der Waals surface area contributed by atoms with E-state index in [-0.39, 0.29) is 24.3 Å². The monoisotopic (exact) mass is 420 g/mol. The van der Waals surface area contributed by atoms with Crippen LogP contribution in [-0.2, 0) is 24.4 Å². The normalized spacial score (nSPS) is 12.9. The number of amides is 1. The number of rotatable bonds is 5. The van der Waals surface area contributed by atoms with E-state index < -0.39 is 17.8 Å². The third-order valence-corrected chi connectivity index (χ3v) is 5.25. The molecule has 2 N–H and O–H groups in total. The molecular formula is C21H23F3N4O2. The van der Waals surface area contributed by atoms with E-state index in [9.17, 15) is 22.8 Å². The highest BCUT2D eigenvalue weighted by atomic mass is 19.4. The van der Waals surface area contributed by atoms with Gasteiger partial charge in [-0.05, 0) is 50.5 Å². The third-order valence-electron chi connectivity index (χ3n) is 5.25. The summed E-state index contributed by atoms with van der Waals surface area (Å²) in [4.78, 5) is 27.7. The number of hydrogen-bond acceptors (Lipinski definition) is 3. The third kappa shape index (κ3) is 4.24. The number of carbonyl (C=O) groups excluding carboxylic acids is 1. The number of aromatic amines is 1. The first-order chi connectivity index (χ1) is 14.0. The smallest absolute Gasteiger partial charge is 0.350 e. The van der Waals surface area contributed by atoms with Gasteiger partial charge in [0, 0.05) is 24.4 Å². The summed E-state index contributed by atoms with van der Waals surface area (Å²) < 4.78 is 40.3. The molecule has 0 saturated carbocycles. The number of pyridine rings is 1. The molecule has 0 unspecified atom stereocenters. The molecule has 1 amide bonds. The van der Waals surface area contributed by atoms with Gasteiger partial charge < -0.3 is 10.3 Å². The molecule has 6 nitrogen and oxygen atoms in total. The average molecular weight is 420 g/mol. The topological polar surface area (TPSA) is 79.8 Å². The van der Waals surface area contributed by atoms with Gasteiger partial charge in [0.05, 0.1) is 17.3 Å². The first-order valence-corrected chi connectivity index (χ1v) is 9.50. The molecule has 2 heterocycles. The van der Waals surface area contributed by atoms with Gasteiger partial charge in [-0.1, -0.05) is 12.1 Å². The van der Waals surface area contributed by atoms with Crippen LogP contribution in [0.25, 0.3) is 11.0 Å². The molecule has 3 rings (SSSR count). The van der Waals surface area contributed by atoms with Gasteiger partial charge in [0.2, 0.25) is 5.91 Å². The Hall–Kier alpha value is -3.10. The first-order valence-electron chi connectivity index (χ1n) is 9.50. The van der Waals surface area contributed by atoms with Crippen molar-refractivity contribution in [3.63, 3.8) is 0 Å². The summed E-state index contributed by atoms with van der Waals surface area (Å²) >= 11 is 0. The second kappa shape index (κ2) is 7.97. The molecule has 9 heteroatoms. The largest absolute Gasteiger partial charge is 0.416 e. The Bertz CT molecular complexity index is 1160. The molecular weight excluding hydrogens is 397 g/mol. The van der Waals surface area contributed by atoms with E-state index in [1.807, 2.05) is 13.8 Å². The molecule has 3 aromatic rings. The van der Waals surface area contributed by atoms with Gasteiger partial charge >= 0.3 is 6.18 Å². The fraction of sp³-hybridized carbons (Fsp3) is 0.381. The summed E-state index contributed by atoms with van der Waals surface area (Å²) in [6.45, 7) is 5.29. The number of aryl methyl sites for hydroxylation is 3. The van der Waals surface area contributed by atoms with Crippen molar-refractivity contribution in [3.8, 4) is 0 Å². The lowest BCUT2D eigenvalue weighted by molar-refractivity contribution is -0.137. The lowest BCUT2D eigenvalue weighted by Gasteiger charge is -2.16. The van der Waals surface area contributed by atoms with E-state index in [1.165, 1.54) is 12.1 Å². The van der Waals surface area contributed by atoms with Crippen LogP contribution in [0.3, 0.4) is 0 Å². The van der Waals surface area contributed by atoms with Gasteiger partial charge in [0.15, 0.2) is 0 Å². The number of H-pyrrole nitrogens is 1. The Morgan fingerprint density at radius 3 is 2.67 bits per heavy atom. The van der Waals surface area contributed by atoms with Crippen LogP contribution < -0.4 is 10.9 Å². The van der Waals surface area contributed by atoms with Gasteiger partial charge in [0.1, 0.15) is 5.65 Å². The van der Waals surface area contributed by atoms with E-state index in [4.69, 9.17) is 0 Å². The van der Waals surface area contributed by atoms with Crippen molar-refractivity contribution >= 4 is 16.9 Å². The molecule has 1 aromatic carbocycles. The zero-order chi connectivity index (χ0) is 22.2. The van der Waals surface area contributed by atoms with Crippen molar-refractivity contribution in [2.45, 2.75) is 45.8 Å². The molecule has 0 radical (unpaired) electrons. The van der Waals surface area contributed by atoms with Crippen molar-refractivity contribution in [1.29, 1.82) is 0 Å². The maximum Gasteiger partial charge on any atom is 0.416 e. The second-order valence-corrected chi connectivity index (χ2v) is 7.40. The summed E-state index contributed by atoms with van der Waals surface area (Å²) in [6.07, 6.45) is -4.19. The van der Waals surface area contributed by atoms with Crippen LogP contribution in [-0.4, -0.2) is 20.7 Å². The van der Waals surface area contributed by atoms with Crippen LogP contribution in [0.2, 0.25) is 0 Å². The maximum atomic E-state index is 12.9. The van der Waals surface area contributed by atoms with E-state index >= 15 is 0 Å². The summed E-state index contributed by atoms with van der Waals surface area (Å²) in [7, 11) is 1.74. The van der Waals surface area contributed by atoms with Crippen molar-refractivity contribution in [1.82, 2.24) is 20.1 Å². The van der Waals surface area contributed by atoms with Crippen molar-refractivity contribution in [2.75, 3.05) is 0 Å². The van der Waals surface area contributed by atoms with Crippen molar-refractivity contribution in [3.05, 3.63) is 62.6 Å². The standard InChI is InChI=1S/C21H23F3N4O2/c1-11-16(20(30)26-19-18(11)13(3)27-28(19)4)8-9-17(29)25-12(2)14-6-5-7-15(10-14)21(22,23)24/h5-7,10,12H,8-9H2,1-4H3,(H,25,29)(H,26,30)/t12-/m0/s1. The number of hydrogen-bond donors (Lipinski definition) is 2. The Balaban J connectivity index is 1.72. The minimum Gasteiger partial charge on any atom is -0.350 e. The van der Waals surface area contributed by atoms with Crippen LogP contribution in [0.1, 0.15) is 47.3 Å². The van der Waals surface area contributed by atoms with Gasteiger partial charge in [-0.3, -0.25) is 14.3 Å².